The molecule has 4 rings (SSSR count). The van der Waals surface area contributed by atoms with Crippen LogP contribution >= 0.6 is 27.3 Å². The van der Waals surface area contributed by atoms with Crippen LogP contribution in [0, 0.1) is 5.82 Å². The largest absolute Gasteiger partial charge is 0.478 e. The smallest absolute Gasteiger partial charge is 0.335 e. The van der Waals surface area contributed by atoms with Crippen LogP contribution in [0.4, 0.5) is 4.39 Å². The predicted molar refractivity (Wildman–Crippen MR) is 142 cm³/mol. The zero-order chi connectivity index (χ0) is 26.7. The van der Waals surface area contributed by atoms with Gasteiger partial charge in [-0.2, -0.15) is 0 Å². The van der Waals surface area contributed by atoms with E-state index >= 15 is 0 Å². The van der Waals surface area contributed by atoms with Crippen LogP contribution in [0.3, 0.4) is 0 Å². The summed E-state index contributed by atoms with van der Waals surface area (Å²) >= 11 is 4.65. The molecule has 1 unspecified atom stereocenters. The van der Waals surface area contributed by atoms with Crippen LogP contribution < -0.4 is 10.6 Å². The van der Waals surface area contributed by atoms with Gasteiger partial charge in [0.15, 0.2) is 10.8 Å². The normalized spacial score (nSPS) is 19.0. The molecule has 1 fully saturated rings. The van der Waals surface area contributed by atoms with E-state index in [0.29, 0.717) is 59.3 Å². The number of halogens is 2. The number of amides is 1. The van der Waals surface area contributed by atoms with Crippen molar-refractivity contribution in [2.24, 2.45) is 4.99 Å². The number of aliphatic imine (C=N–C) groups is 1. The number of hydrogen-bond acceptors (Lipinski definition) is 9. The number of hydrogen-bond donors (Lipinski definition) is 3. The van der Waals surface area contributed by atoms with Crippen LogP contribution in [0.25, 0.3) is 0 Å². The van der Waals surface area contributed by atoms with E-state index in [0.717, 1.165) is 0 Å². The minimum Gasteiger partial charge on any atom is -0.478 e. The third-order valence-electron chi connectivity index (χ3n) is 6.05. The average Bonchev–Trinajstić information content (AvgIpc) is 3.37. The Kier molecular flexibility index (Phi) is 8.36. The Morgan fingerprint density at radius 1 is 1.27 bits per heavy atom. The maximum Gasteiger partial charge on any atom is 0.335 e. The van der Waals surface area contributed by atoms with Gasteiger partial charge < -0.3 is 20.6 Å². The van der Waals surface area contributed by atoms with E-state index in [-0.39, 0.29) is 23.6 Å². The molecule has 198 valence electrons. The molecular formula is C24H29BrFN7O3S. The maximum absolute atomic E-state index is 13.8. The molecule has 0 saturated carbocycles. The van der Waals surface area contributed by atoms with Gasteiger partial charge >= 0.3 is 5.97 Å². The molecule has 1 atom stereocenters. The Labute approximate surface area is 226 Å². The highest BCUT2D eigenvalue weighted by Gasteiger charge is 2.34. The van der Waals surface area contributed by atoms with Gasteiger partial charge in [-0.15, -0.1) is 10.2 Å². The zero-order valence-electron chi connectivity index (χ0n) is 20.8. The number of rotatable bonds is 7. The van der Waals surface area contributed by atoms with Gasteiger partial charge in [-0.25, -0.2) is 9.18 Å². The minimum absolute atomic E-state index is 0.0442. The first-order chi connectivity index (χ1) is 17.5. The number of aromatic nitrogens is 2. The Balaban J connectivity index is 1.56. The summed E-state index contributed by atoms with van der Waals surface area (Å²) in [6, 6.07) is 3.23. The van der Waals surface area contributed by atoms with Gasteiger partial charge in [-0.05, 0) is 38.5 Å². The van der Waals surface area contributed by atoms with E-state index < -0.39 is 17.8 Å². The van der Waals surface area contributed by atoms with Crippen molar-refractivity contribution in [1.82, 2.24) is 30.6 Å². The summed E-state index contributed by atoms with van der Waals surface area (Å²) < 4.78 is 14.2. The van der Waals surface area contributed by atoms with Crippen LogP contribution in [0.15, 0.2) is 44.4 Å². The first-order valence-corrected chi connectivity index (χ1v) is 13.5. The number of nitrogens with one attached hydrogen (secondary N) is 2. The molecule has 3 heterocycles. The lowest BCUT2D eigenvalue weighted by Gasteiger charge is -2.37. The van der Waals surface area contributed by atoms with E-state index in [1.807, 2.05) is 25.7 Å². The molecule has 10 nitrogen and oxygen atoms in total. The van der Waals surface area contributed by atoms with Crippen LogP contribution in [0.2, 0.25) is 0 Å². The molecule has 0 radical (unpaired) electrons. The molecule has 1 saturated heterocycles. The van der Waals surface area contributed by atoms with E-state index in [9.17, 15) is 19.1 Å². The SMILES string of the molecule is CC(C)(C)NCC(=O)N1CCN(CC2=C(C(=O)O)C(c3ccc(F)cc3Br)N=C(c3nncs3)N2)CC1. The molecule has 37 heavy (non-hydrogen) atoms. The Bertz CT molecular complexity index is 1220. The number of amidine groups is 1. The highest BCUT2D eigenvalue weighted by Crippen LogP contribution is 2.36. The summed E-state index contributed by atoms with van der Waals surface area (Å²) in [5.74, 6) is -1.11. The van der Waals surface area contributed by atoms with Crippen molar-refractivity contribution in [3.63, 3.8) is 0 Å². The molecule has 0 spiro atoms. The molecule has 1 aromatic carbocycles. The standard InChI is InChI=1S/C24H29BrFN7O3S/c1-24(2,3)27-11-18(34)33-8-6-32(7-9-33)12-17-19(23(35)36)20(15-5-4-14(26)10-16(15)25)30-21(29-17)22-31-28-13-37-22/h4-5,10,13,20,27H,6-9,11-12H2,1-3H3,(H,29,30)(H,35,36). The molecule has 1 amide bonds. The molecule has 0 bridgehead atoms. The van der Waals surface area contributed by atoms with Gasteiger partial charge in [0.2, 0.25) is 5.91 Å². The summed E-state index contributed by atoms with van der Waals surface area (Å²) in [5, 5.41) is 25.1. The lowest BCUT2D eigenvalue weighted by Crippen LogP contribution is -2.53. The highest BCUT2D eigenvalue weighted by atomic mass is 79.9. The second kappa shape index (κ2) is 11.3. The topological polar surface area (TPSA) is 123 Å². The first kappa shape index (κ1) is 27.3. The van der Waals surface area contributed by atoms with Crippen LogP contribution in [0.5, 0.6) is 0 Å². The molecule has 0 aliphatic carbocycles. The van der Waals surface area contributed by atoms with Crippen molar-refractivity contribution in [2.45, 2.75) is 32.4 Å². The van der Waals surface area contributed by atoms with Gasteiger partial charge in [0.25, 0.3) is 0 Å². The third-order valence-corrected chi connectivity index (χ3v) is 7.44. The lowest BCUT2D eigenvalue weighted by molar-refractivity contribution is -0.133. The Morgan fingerprint density at radius 3 is 2.59 bits per heavy atom. The molecule has 13 heteroatoms. The Hall–Kier alpha value is -2.74. The van der Waals surface area contributed by atoms with Crippen molar-refractivity contribution < 1.29 is 19.1 Å². The van der Waals surface area contributed by atoms with Crippen molar-refractivity contribution >= 4 is 45.0 Å². The van der Waals surface area contributed by atoms with Gasteiger partial charge in [0, 0.05) is 48.4 Å². The monoisotopic (exact) mass is 593 g/mol. The fourth-order valence-electron chi connectivity index (χ4n) is 4.14. The predicted octanol–water partition coefficient (Wildman–Crippen LogP) is 2.40. The number of carbonyl (C=O) groups excluding carboxylic acids is 1. The quantitative estimate of drug-likeness (QED) is 0.447. The van der Waals surface area contributed by atoms with Crippen molar-refractivity contribution in [2.75, 3.05) is 39.3 Å². The van der Waals surface area contributed by atoms with Crippen molar-refractivity contribution in [3.8, 4) is 0 Å². The zero-order valence-corrected chi connectivity index (χ0v) is 23.2. The van der Waals surface area contributed by atoms with E-state index in [4.69, 9.17) is 0 Å². The molecular weight excluding hydrogens is 565 g/mol. The summed E-state index contributed by atoms with van der Waals surface area (Å²) in [6.07, 6.45) is 0. The molecule has 2 aliphatic heterocycles. The number of nitrogens with zero attached hydrogens (tertiary/aromatic N) is 5. The van der Waals surface area contributed by atoms with Gasteiger partial charge in [-0.3, -0.25) is 14.7 Å². The Morgan fingerprint density at radius 2 is 2.00 bits per heavy atom. The number of carbonyl (C=O) groups is 2. The number of carboxylic acids is 1. The second-order valence-electron chi connectivity index (χ2n) is 9.87. The van der Waals surface area contributed by atoms with Crippen molar-refractivity contribution in [3.05, 3.63) is 55.8 Å². The molecule has 2 aliphatic rings. The van der Waals surface area contributed by atoms with Crippen LogP contribution in [0.1, 0.15) is 37.4 Å². The van der Waals surface area contributed by atoms with Gasteiger partial charge in [0.05, 0.1) is 12.1 Å². The third kappa shape index (κ3) is 6.78. The lowest BCUT2D eigenvalue weighted by atomic mass is 9.95. The second-order valence-corrected chi connectivity index (χ2v) is 11.6. The fraction of sp³-hybridized carbons (Fsp3) is 0.458. The van der Waals surface area contributed by atoms with Gasteiger partial charge in [0.1, 0.15) is 17.4 Å². The van der Waals surface area contributed by atoms with Gasteiger partial charge in [-0.1, -0.05) is 33.3 Å². The molecule has 2 aromatic rings. The fourth-order valence-corrected chi connectivity index (χ4v) is 5.21. The molecule has 3 N–H and O–H groups in total. The van der Waals surface area contributed by atoms with Crippen LogP contribution in [-0.4, -0.2) is 87.6 Å². The van der Waals surface area contributed by atoms with E-state index in [2.05, 4.69) is 46.7 Å². The number of carboxylic acid groups (broad SMARTS) is 1. The summed E-state index contributed by atoms with van der Waals surface area (Å²) in [4.78, 5) is 33.7. The highest BCUT2D eigenvalue weighted by molar-refractivity contribution is 9.10. The summed E-state index contributed by atoms with van der Waals surface area (Å²) in [6.45, 7) is 8.91. The average molecular weight is 595 g/mol. The van der Waals surface area contributed by atoms with Crippen molar-refractivity contribution in [1.29, 1.82) is 0 Å². The maximum atomic E-state index is 13.8. The van der Waals surface area contributed by atoms with E-state index in [1.165, 1.54) is 29.5 Å². The number of aliphatic carboxylic acids is 1. The first-order valence-electron chi connectivity index (χ1n) is 11.8. The van der Waals surface area contributed by atoms with E-state index in [1.54, 1.807) is 5.51 Å². The summed E-state index contributed by atoms with van der Waals surface area (Å²) in [7, 11) is 0. The molecule has 1 aromatic heterocycles. The minimum atomic E-state index is -1.12. The number of piperazine rings is 1. The number of benzene rings is 1. The van der Waals surface area contributed by atoms with Crippen LogP contribution in [-0.2, 0) is 9.59 Å². The summed E-state index contributed by atoms with van der Waals surface area (Å²) in [5.41, 5.74) is 2.51.